The van der Waals surface area contributed by atoms with E-state index in [0.29, 0.717) is 18.9 Å². The molecule has 0 radical (unpaired) electrons. The van der Waals surface area contributed by atoms with Crippen LogP contribution in [0.15, 0.2) is 48.9 Å². The number of nitrogens with one attached hydrogen (secondary N) is 2. The van der Waals surface area contributed by atoms with E-state index >= 15 is 0 Å². The number of anilines is 1. The molecule has 7 heteroatoms. The van der Waals surface area contributed by atoms with Crippen molar-refractivity contribution >= 4 is 11.8 Å². The molecule has 2 N–H and O–H groups in total. The second kappa shape index (κ2) is 8.43. The summed E-state index contributed by atoms with van der Waals surface area (Å²) in [4.78, 5) is 25.0. The van der Waals surface area contributed by atoms with E-state index < -0.39 is 0 Å². The zero-order chi connectivity index (χ0) is 17.5. The first kappa shape index (κ1) is 17.2. The Morgan fingerprint density at radius 2 is 2.04 bits per heavy atom. The summed E-state index contributed by atoms with van der Waals surface area (Å²) in [6.45, 7) is 3.58. The van der Waals surface area contributed by atoms with Gasteiger partial charge < -0.3 is 20.4 Å². The third-order valence-corrected chi connectivity index (χ3v) is 4.30. The van der Waals surface area contributed by atoms with Crippen LogP contribution in [0.25, 0.3) is 0 Å². The van der Waals surface area contributed by atoms with Gasteiger partial charge in [0.15, 0.2) is 0 Å². The van der Waals surface area contributed by atoms with Gasteiger partial charge in [-0.05, 0) is 12.6 Å². The summed E-state index contributed by atoms with van der Waals surface area (Å²) < 4.78 is 0. The Bertz CT molecular complexity index is 666. The van der Waals surface area contributed by atoms with E-state index in [1.165, 1.54) is 5.56 Å². The first-order valence-electron chi connectivity index (χ1n) is 8.52. The summed E-state index contributed by atoms with van der Waals surface area (Å²) >= 11 is 0. The first-order chi connectivity index (χ1) is 12.2. The number of carbonyl (C=O) groups is 1. The molecule has 0 spiro atoms. The maximum absolute atomic E-state index is 12.6. The molecule has 3 rings (SSSR count). The number of hydrogen-bond acceptors (Lipinski definition) is 5. The Kier molecular flexibility index (Phi) is 5.79. The van der Waals surface area contributed by atoms with Crippen molar-refractivity contribution in [3.63, 3.8) is 0 Å². The van der Waals surface area contributed by atoms with Crippen LogP contribution in [0.1, 0.15) is 11.6 Å². The van der Waals surface area contributed by atoms with E-state index in [1.807, 2.05) is 23.1 Å². The molecule has 1 aromatic heterocycles. The summed E-state index contributed by atoms with van der Waals surface area (Å²) in [7, 11) is 2.09. The quantitative estimate of drug-likeness (QED) is 0.809. The minimum atomic E-state index is -0.0251. The number of piperazine rings is 1. The third-order valence-electron chi connectivity index (χ3n) is 4.30. The highest BCUT2D eigenvalue weighted by molar-refractivity contribution is 5.75. The van der Waals surface area contributed by atoms with E-state index in [9.17, 15) is 4.79 Å². The van der Waals surface area contributed by atoms with Crippen LogP contribution in [-0.2, 0) is 0 Å². The van der Waals surface area contributed by atoms with Gasteiger partial charge >= 0.3 is 6.03 Å². The van der Waals surface area contributed by atoms with Gasteiger partial charge in [-0.15, -0.1) is 0 Å². The molecule has 0 aliphatic carbocycles. The number of nitrogens with zero attached hydrogens (tertiary/aromatic N) is 4. The van der Waals surface area contributed by atoms with E-state index in [-0.39, 0.29) is 12.1 Å². The number of aromatic nitrogens is 2. The van der Waals surface area contributed by atoms with Gasteiger partial charge in [0.05, 0.1) is 12.2 Å². The van der Waals surface area contributed by atoms with Gasteiger partial charge in [0.2, 0.25) is 0 Å². The SMILES string of the molecule is CN1CCN(C(=O)NCCNc2cnccn2)C(c2ccccc2)C1. The van der Waals surface area contributed by atoms with Gasteiger partial charge in [-0.25, -0.2) is 9.78 Å². The van der Waals surface area contributed by atoms with Crippen LogP contribution in [0.3, 0.4) is 0 Å². The Morgan fingerprint density at radius 3 is 2.80 bits per heavy atom. The molecule has 1 unspecified atom stereocenters. The third kappa shape index (κ3) is 4.67. The predicted molar refractivity (Wildman–Crippen MR) is 97.3 cm³/mol. The molecule has 1 saturated heterocycles. The highest BCUT2D eigenvalue weighted by Gasteiger charge is 2.29. The molecule has 1 fully saturated rings. The standard InChI is InChI=1S/C18H24N6O/c1-23-11-12-24(16(14-23)15-5-3-2-4-6-15)18(25)22-10-9-21-17-13-19-7-8-20-17/h2-8,13,16H,9-12,14H2,1H3,(H,20,21)(H,22,25). The highest BCUT2D eigenvalue weighted by Crippen LogP contribution is 2.24. The average Bonchev–Trinajstić information content (AvgIpc) is 2.66. The molecule has 1 atom stereocenters. The van der Waals surface area contributed by atoms with Crippen LogP contribution in [0.5, 0.6) is 0 Å². The Balaban J connectivity index is 1.54. The number of carbonyl (C=O) groups excluding carboxylic acids is 1. The molecule has 1 aliphatic rings. The van der Waals surface area contributed by atoms with E-state index in [1.54, 1.807) is 18.6 Å². The zero-order valence-corrected chi connectivity index (χ0v) is 14.4. The van der Waals surface area contributed by atoms with Crippen molar-refractivity contribution in [3.8, 4) is 0 Å². The molecule has 1 aliphatic heterocycles. The van der Waals surface area contributed by atoms with Crippen molar-refractivity contribution in [2.75, 3.05) is 45.1 Å². The highest BCUT2D eigenvalue weighted by atomic mass is 16.2. The summed E-state index contributed by atoms with van der Waals surface area (Å²) in [5, 5.41) is 6.13. The van der Waals surface area contributed by atoms with Crippen molar-refractivity contribution in [1.29, 1.82) is 0 Å². The number of amides is 2. The molecule has 7 nitrogen and oxygen atoms in total. The number of hydrogen-bond donors (Lipinski definition) is 2. The topological polar surface area (TPSA) is 73.4 Å². The summed E-state index contributed by atoms with van der Waals surface area (Å²) in [5.41, 5.74) is 1.17. The normalized spacial score (nSPS) is 18.0. The molecular formula is C18H24N6O. The predicted octanol–water partition coefficient (Wildman–Crippen LogP) is 1.59. The van der Waals surface area contributed by atoms with Crippen LogP contribution in [0.4, 0.5) is 10.6 Å². The molecule has 25 heavy (non-hydrogen) atoms. The first-order valence-corrected chi connectivity index (χ1v) is 8.52. The number of urea groups is 1. The fourth-order valence-electron chi connectivity index (χ4n) is 2.97. The van der Waals surface area contributed by atoms with Gasteiger partial charge in [-0.2, -0.15) is 0 Å². The average molecular weight is 340 g/mol. The van der Waals surface area contributed by atoms with Crippen molar-refractivity contribution < 1.29 is 4.79 Å². The van der Waals surface area contributed by atoms with Crippen LogP contribution < -0.4 is 10.6 Å². The zero-order valence-electron chi connectivity index (χ0n) is 14.4. The molecule has 2 aromatic rings. The summed E-state index contributed by atoms with van der Waals surface area (Å²) in [5.74, 6) is 0.707. The van der Waals surface area contributed by atoms with Gasteiger partial charge in [-0.3, -0.25) is 4.98 Å². The van der Waals surface area contributed by atoms with Crippen LogP contribution in [-0.4, -0.2) is 65.6 Å². The fraction of sp³-hybridized carbons (Fsp3) is 0.389. The Morgan fingerprint density at radius 1 is 1.20 bits per heavy atom. The van der Waals surface area contributed by atoms with Gasteiger partial charge in [0, 0.05) is 45.1 Å². The Hall–Kier alpha value is -2.67. The lowest BCUT2D eigenvalue weighted by Crippen LogP contribution is -2.52. The maximum atomic E-state index is 12.6. The molecule has 132 valence electrons. The van der Waals surface area contributed by atoms with Gasteiger partial charge in [-0.1, -0.05) is 30.3 Å². The van der Waals surface area contributed by atoms with E-state index in [0.717, 1.165) is 19.6 Å². The minimum Gasteiger partial charge on any atom is -0.367 e. The van der Waals surface area contributed by atoms with Crippen LogP contribution in [0, 0.1) is 0 Å². The van der Waals surface area contributed by atoms with Crippen molar-refractivity contribution in [2.24, 2.45) is 0 Å². The lowest BCUT2D eigenvalue weighted by molar-refractivity contribution is 0.109. The van der Waals surface area contributed by atoms with E-state index in [2.05, 4.69) is 44.7 Å². The van der Waals surface area contributed by atoms with Crippen molar-refractivity contribution in [2.45, 2.75) is 6.04 Å². The lowest BCUT2D eigenvalue weighted by Gasteiger charge is -2.40. The van der Waals surface area contributed by atoms with E-state index in [4.69, 9.17) is 0 Å². The second-order valence-corrected chi connectivity index (χ2v) is 6.13. The number of benzene rings is 1. The minimum absolute atomic E-state index is 0.0251. The van der Waals surface area contributed by atoms with Crippen LogP contribution in [0.2, 0.25) is 0 Å². The molecule has 1 aromatic carbocycles. The maximum Gasteiger partial charge on any atom is 0.318 e. The molecule has 2 amide bonds. The molecule has 0 saturated carbocycles. The Labute approximate surface area is 148 Å². The van der Waals surface area contributed by atoms with Crippen LogP contribution >= 0.6 is 0 Å². The largest absolute Gasteiger partial charge is 0.367 e. The van der Waals surface area contributed by atoms with Gasteiger partial charge in [0.1, 0.15) is 5.82 Å². The van der Waals surface area contributed by atoms with Crippen molar-refractivity contribution in [3.05, 3.63) is 54.5 Å². The number of rotatable bonds is 5. The summed E-state index contributed by atoms with van der Waals surface area (Å²) in [6.07, 6.45) is 4.92. The molecular weight excluding hydrogens is 316 g/mol. The molecule has 0 bridgehead atoms. The summed E-state index contributed by atoms with van der Waals surface area (Å²) in [6, 6.07) is 10.3. The molecule has 2 heterocycles. The smallest absolute Gasteiger partial charge is 0.318 e. The number of likely N-dealkylation sites (N-methyl/N-ethyl adjacent to an activating group) is 1. The fourth-order valence-corrected chi connectivity index (χ4v) is 2.97. The monoisotopic (exact) mass is 340 g/mol. The van der Waals surface area contributed by atoms with Gasteiger partial charge in [0.25, 0.3) is 0 Å². The van der Waals surface area contributed by atoms with Crippen molar-refractivity contribution in [1.82, 2.24) is 25.1 Å². The lowest BCUT2D eigenvalue weighted by atomic mass is 10.0. The second-order valence-electron chi connectivity index (χ2n) is 6.13.